The number of hydrogen-bond acceptors (Lipinski definition) is 14. The topological polar surface area (TPSA) is 218 Å². The van der Waals surface area contributed by atoms with Crippen LogP contribution in [0.1, 0.15) is 25.7 Å². The van der Waals surface area contributed by atoms with Gasteiger partial charge in [-0.3, -0.25) is 4.79 Å². The van der Waals surface area contributed by atoms with E-state index in [4.69, 9.17) is 34.2 Å². The van der Waals surface area contributed by atoms with Crippen molar-refractivity contribution in [2.45, 2.75) is 43.0 Å². The predicted molar refractivity (Wildman–Crippen MR) is 206 cm³/mol. The van der Waals surface area contributed by atoms with Gasteiger partial charge in [0.2, 0.25) is 5.91 Å². The molecule has 18 heteroatoms. The maximum Gasteiger partial charge on any atom is 0.488 e. The van der Waals surface area contributed by atoms with E-state index in [1.807, 2.05) is 30.0 Å². The van der Waals surface area contributed by atoms with Crippen LogP contribution in [0.3, 0.4) is 0 Å². The van der Waals surface area contributed by atoms with Crippen LogP contribution in [0.15, 0.2) is 42.6 Å². The minimum absolute atomic E-state index is 0.0308. The van der Waals surface area contributed by atoms with E-state index in [0.717, 1.165) is 36.0 Å². The average molecular weight is 771 g/mol. The summed E-state index contributed by atoms with van der Waals surface area (Å²) in [7, 11) is -1.62. The maximum atomic E-state index is 12.1. The highest BCUT2D eigenvalue weighted by Crippen LogP contribution is 2.34. The molecule has 0 bridgehead atoms. The number of nitrogen functional groups attached to an aromatic ring is 1. The van der Waals surface area contributed by atoms with E-state index in [1.165, 1.54) is 6.20 Å². The third-order valence-electron chi connectivity index (χ3n) is 8.91. The zero-order chi connectivity index (χ0) is 38.0. The third-order valence-corrected chi connectivity index (χ3v) is 10.4. The van der Waals surface area contributed by atoms with Gasteiger partial charge in [0.1, 0.15) is 12.4 Å². The molecule has 0 unspecified atom stereocenters. The molecule has 3 amide bonds. The third kappa shape index (κ3) is 13.2. The second-order valence-corrected chi connectivity index (χ2v) is 14.1. The van der Waals surface area contributed by atoms with E-state index in [1.54, 1.807) is 18.2 Å². The molecule has 3 heterocycles. The molecule has 16 nitrogen and oxygen atoms in total. The van der Waals surface area contributed by atoms with Gasteiger partial charge >= 0.3 is 13.1 Å². The van der Waals surface area contributed by atoms with Crippen molar-refractivity contribution in [3.8, 4) is 16.9 Å². The summed E-state index contributed by atoms with van der Waals surface area (Å²) in [6.07, 6.45) is 4.79. The molecule has 2 aliphatic rings. The molecule has 54 heavy (non-hydrogen) atoms. The SMILES string of the molecule is Nc1cnnc2cc(-c3cc(B(O)O)ccc3OCCOCCOCCOCCOCCOCCNC(=O)CCCC[C@@H]3SC[C@@H]4NC(=O)N[C@@H]43)ccc12. The fourth-order valence-corrected chi connectivity index (χ4v) is 7.67. The molecule has 3 aromatic rings. The van der Waals surface area contributed by atoms with Gasteiger partial charge in [-0.05, 0) is 42.1 Å². The number of carbonyl (C=O) groups excluding carboxylic acids is 2. The van der Waals surface area contributed by atoms with Crippen molar-refractivity contribution in [3.05, 3.63) is 42.6 Å². The van der Waals surface area contributed by atoms with E-state index in [-0.39, 0.29) is 30.6 Å². The summed E-state index contributed by atoms with van der Waals surface area (Å²) >= 11 is 1.89. The Balaban J connectivity index is 0.798. The molecular weight excluding hydrogens is 719 g/mol. The monoisotopic (exact) mass is 770 g/mol. The van der Waals surface area contributed by atoms with Crippen molar-refractivity contribution in [2.75, 3.05) is 90.7 Å². The Hall–Kier alpha value is -3.75. The first-order chi connectivity index (χ1) is 26.4. The minimum Gasteiger partial charge on any atom is -0.491 e. The number of nitrogens with zero attached hydrogens (tertiary/aromatic N) is 2. The van der Waals surface area contributed by atoms with Gasteiger partial charge in [0.15, 0.2) is 0 Å². The molecule has 5 rings (SSSR count). The number of urea groups is 1. The van der Waals surface area contributed by atoms with Gasteiger partial charge in [-0.1, -0.05) is 24.6 Å². The second-order valence-electron chi connectivity index (χ2n) is 12.8. The number of aromatic nitrogens is 2. The van der Waals surface area contributed by atoms with Crippen LogP contribution in [-0.2, 0) is 28.5 Å². The molecular formula is C36H51BN6O10S. The summed E-state index contributed by atoms with van der Waals surface area (Å²) in [6.45, 7) is 4.96. The zero-order valence-corrected chi connectivity index (χ0v) is 31.2. The molecule has 2 saturated heterocycles. The Morgan fingerprint density at radius 3 is 2.28 bits per heavy atom. The Kier molecular flexibility index (Phi) is 17.3. The Bertz CT molecular complexity index is 1630. The van der Waals surface area contributed by atoms with Crippen molar-refractivity contribution in [1.29, 1.82) is 0 Å². The fourth-order valence-electron chi connectivity index (χ4n) is 6.13. The summed E-state index contributed by atoms with van der Waals surface area (Å²) < 4.78 is 33.7. The quantitative estimate of drug-likeness (QED) is 0.0380. The molecule has 7 N–H and O–H groups in total. The molecule has 0 spiro atoms. The average Bonchev–Trinajstić information content (AvgIpc) is 3.73. The number of fused-ring (bicyclic) bond motifs is 2. The standard InChI is InChI=1S/C36H51BN6O10S/c38-29-23-40-43-30-21-25(5-7-27(29)30)28-22-26(37(46)47)6-8-32(28)53-20-19-52-18-17-51-16-15-50-14-13-49-12-11-48-10-9-39-34(44)4-2-1-3-33-35-31(24-54-33)41-36(45)42-35/h5-8,21-23,31,33,35,46-47H,1-4,9-20,24H2,(H2,38,43)(H,39,44)(H2,41,42,45)/t31-,33-,35-/m0/s1. The number of nitrogens with two attached hydrogens (primary N) is 1. The largest absolute Gasteiger partial charge is 0.491 e. The Morgan fingerprint density at radius 1 is 0.889 bits per heavy atom. The summed E-state index contributed by atoms with van der Waals surface area (Å²) in [5.41, 5.74) is 8.91. The molecule has 0 radical (unpaired) electrons. The molecule has 2 fully saturated rings. The van der Waals surface area contributed by atoms with Gasteiger partial charge in [-0.15, -0.1) is 0 Å². The van der Waals surface area contributed by atoms with Crippen LogP contribution in [-0.4, -0.2) is 142 Å². The van der Waals surface area contributed by atoms with Crippen LogP contribution in [0.5, 0.6) is 5.75 Å². The number of ether oxygens (including phenoxy) is 6. The van der Waals surface area contributed by atoms with Crippen molar-refractivity contribution in [2.24, 2.45) is 0 Å². The number of benzene rings is 2. The number of hydrogen-bond donors (Lipinski definition) is 6. The molecule has 0 aliphatic carbocycles. The van der Waals surface area contributed by atoms with Crippen LogP contribution < -0.4 is 31.9 Å². The van der Waals surface area contributed by atoms with Gasteiger partial charge in [0.25, 0.3) is 0 Å². The smallest absolute Gasteiger partial charge is 0.488 e. The maximum absolute atomic E-state index is 12.1. The van der Waals surface area contributed by atoms with E-state index >= 15 is 0 Å². The van der Waals surface area contributed by atoms with E-state index < -0.39 is 7.12 Å². The zero-order valence-electron chi connectivity index (χ0n) is 30.4. The number of nitrogens with one attached hydrogen (secondary N) is 3. The number of unbranched alkanes of at least 4 members (excludes halogenated alkanes) is 1. The second kappa shape index (κ2) is 22.6. The number of rotatable bonds is 26. The molecule has 1 aromatic heterocycles. The van der Waals surface area contributed by atoms with E-state index in [0.29, 0.717) is 112 Å². The molecule has 2 aromatic carbocycles. The van der Waals surface area contributed by atoms with Crippen LogP contribution in [0.4, 0.5) is 10.5 Å². The molecule has 0 saturated carbocycles. The number of amides is 3. The van der Waals surface area contributed by atoms with Crippen LogP contribution in [0.2, 0.25) is 0 Å². The first-order valence-corrected chi connectivity index (χ1v) is 19.4. The molecule has 3 atom stereocenters. The summed E-state index contributed by atoms with van der Waals surface area (Å²) in [6, 6.07) is 10.9. The highest BCUT2D eigenvalue weighted by molar-refractivity contribution is 8.00. The fraction of sp³-hybridized carbons (Fsp3) is 0.556. The normalized spacial score (nSPS) is 17.7. The molecule has 294 valence electrons. The first kappa shape index (κ1) is 41.4. The first-order valence-electron chi connectivity index (χ1n) is 18.4. The van der Waals surface area contributed by atoms with Crippen LogP contribution >= 0.6 is 11.8 Å². The Labute approximate surface area is 319 Å². The van der Waals surface area contributed by atoms with Crippen molar-refractivity contribution < 1.29 is 48.1 Å². The van der Waals surface area contributed by atoms with Crippen molar-refractivity contribution in [3.63, 3.8) is 0 Å². The van der Waals surface area contributed by atoms with Gasteiger partial charge in [-0.2, -0.15) is 22.0 Å². The lowest BCUT2D eigenvalue weighted by atomic mass is 9.79. The van der Waals surface area contributed by atoms with Gasteiger partial charge in [-0.25, -0.2) is 4.79 Å². The highest BCUT2D eigenvalue weighted by Gasteiger charge is 2.42. The van der Waals surface area contributed by atoms with Crippen LogP contribution in [0, 0.1) is 0 Å². The lowest BCUT2D eigenvalue weighted by molar-refractivity contribution is -0.121. The van der Waals surface area contributed by atoms with E-state index in [2.05, 4.69) is 26.1 Å². The summed E-state index contributed by atoms with van der Waals surface area (Å²) in [5, 5.41) is 37.5. The van der Waals surface area contributed by atoms with E-state index in [9.17, 15) is 19.6 Å². The van der Waals surface area contributed by atoms with Gasteiger partial charge < -0.3 is 60.2 Å². The van der Waals surface area contributed by atoms with Crippen molar-refractivity contribution >= 4 is 52.9 Å². The van der Waals surface area contributed by atoms with Crippen LogP contribution in [0.25, 0.3) is 22.0 Å². The Morgan fingerprint density at radius 2 is 1.57 bits per heavy atom. The minimum atomic E-state index is -1.62. The summed E-state index contributed by atoms with van der Waals surface area (Å²) in [4.78, 5) is 23.6. The highest BCUT2D eigenvalue weighted by atomic mass is 32.2. The lowest BCUT2D eigenvalue weighted by Gasteiger charge is -2.16. The molecule has 2 aliphatic heterocycles. The van der Waals surface area contributed by atoms with Crippen molar-refractivity contribution in [1.82, 2.24) is 26.1 Å². The van der Waals surface area contributed by atoms with Gasteiger partial charge in [0.05, 0.1) is 95.6 Å². The lowest BCUT2D eigenvalue weighted by Crippen LogP contribution is -2.36. The summed E-state index contributed by atoms with van der Waals surface area (Å²) in [5.74, 6) is 1.54. The predicted octanol–water partition coefficient (Wildman–Crippen LogP) is 0.863. The number of anilines is 1. The van der Waals surface area contributed by atoms with Gasteiger partial charge in [0, 0.05) is 34.9 Å². The number of thioether (sulfide) groups is 1. The number of carbonyl (C=O) groups is 2.